The molecule has 3 rings (SSSR count). The van der Waals surface area contributed by atoms with E-state index in [1.54, 1.807) is 0 Å². The standard InChI is InChI=1S/C27H32N2O5/c1-16-12-17(2)23(18(3)13-16)24-22(34-15-20-10-8-7-9-11-20)14-21(25(24)30)19(4)26(29-33-6)28-27(31)32-5/h7-13,19,21H,14-15H2,1-6H3,(H,28,29,31). The van der Waals surface area contributed by atoms with Gasteiger partial charge in [-0.1, -0.05) is 60.1 Å². The lowest BCUT2D eigenvalue weighted by Gasteiger charge is -2.20. The first-order valence-corrected chi connectivity index (χ1v) is 11.2. The summed E-state index contributed by atoms with van der Waals surface area (Å²) in [6, 6.07) is 14.0. The number of oxime groups is 1. The molecule has 180 valence electrons. The number of Topliss-reactive ketones (excluding diaryl/α,β-unsaturated/α-hetero) is 1. The molecule has 1 amide bonds. The highest BCUT2D eigenvalue weighted by atomic mass is 16.6. The van der Waals surface area contributed by atoms with Crippen molar-refractivity contribution in [2.24, 2.45) is 17.0 Å². The molecule has 0 fully saturated rings. The zero-order chi connectivity index (χ0) is 24.8. The zero-order valence-electron chi connectivity index (χ0n) is 20.6. The fourth-order valence-corrected chi connectivity index (χ4v) is 4.50. The Bertz CT molecular complexity index is 1100. The number of amides is 1. The molecule has 1 aliphatic carbocycles. The van der Waals surface area contributed by atoms with E-state index in [9.17, 15) is 9.59 Å². The first kappa shape index (κ1) is 25.0. The Balaban J connectivity index is 2.00. The zero-order valence-corrected chi connectivity index (χ0v) is 20.6. The summed E-state index contributed by atoms with van der Waals surface area (Å²) in [5.41, 5.74) is 5.70. The number of hydrogen-bond donors (Lipinski definition) is 1. The normalized spacial score (nSPS) is 16.9. The van der Waals surface area contributed by atoms with E-state index in [4.69, 9.17) is 14.3 Å². The van der Waals surface area contributed by atoms with Crippen molar-refractivity contribution < 1.29 is 23.9 Å². The average Bonchev–Trinajstić information content (AvgIpc) is 3.12. The third kappa shape index (κ3) is 5.47. The van der Waals surface area contributed by atoms with Crippen LogP contribution >= 0.6 is 0 Å². The van der Waals surface area contributed by atoms with Crippen LogP contribution in [0.5, 0.6) is 0 Å². The minimum Gasteiger partial charge on any atom is -0.492 e. The topological polar surface area (TPSA) is 86.2 Å². The smallest absolute Gasteiger partial charge is 0.412 e. The van der Waals surface area contributed by atoms with Crippen LogP contribution in [0, 0.1) is 32.6 Å². The molecule has 2 aromatic carbocycles. The van der Waals surface area contributed by atoms with Crippen molar-refractivity contribution in [3.05, 3.63) is 76.0 Å². The number of methoxy groups -OCH3 is 1. The van der Waals surface area contributed by atoms with Crippen LogP contribution < -0.4 is 5.32 Å². The second-order valence-electron chi connectivity index (χ2n) is 8.59. The molecule has 0 spiro atoms. The average molecular weight is 465 g/mol. The summed E-state index contributed by atoms with van der Waals surface area (Å²) in [5.74, 6) is -0.0808. The van der Waals surface area contributed by atoms with E-state index in [0.29, 0.717) is 24.4 Å². The number of ether oxygens (including phenoxy) is 2. The van der Waals surface area contributed by atoms with Crippen molar-refractivity contribution in [1.82, 2.24) is 5.32 Å². The second-order valence-corrected chi connectivity index (χ2v) is 8.59. The van der Waals surface area contributed by atoms with Crippen LogP contribution in [0.4, 0.5) is 4.79 Å². The Hall–Kier alpha value is -3.61. The highest BCUT2D eigenvalue weighted by molar-refractivity contribution is 6.26. The predicted molar refractivity (Wildman–Crippen MR) is 131 cm³/mol. The summed E-state index contributed by atoms with van der Waals surface area (Å²) in [4.78, 5) is 30.6. The molecular formula is C27H32N2O5. The number of hydrogen-bond acceptors (Lipinski definition) is 6. The molecule has 2 aromatic rings. The second kappa shape index (κ2) is 11.0. The van der Waals surface area contributed by atoms with E-state index < -0.39 is 17.9 Å². The van der Waals surface area contributed by atoms with Crippen LogP contribution in [-0.4, -0.2) is 31.9 Å². The number of allylic oxidation sites excluding steroid dienone is 2. The lowest BCUT2D eigenvalue weighted by Crippen LogP contribution is -2.39. The van der Waals surface area contributed by atoms with Crippen molar-refractivity contribution in [2.45, 2.75) is 40.7 Å². The van der Waals surface area contributed by atoms with E-state index in [1.165, 1.54) is 14.2 Å². The van der Waals surface area contributed by atoms with Gasteiger partial charge in [-0.25, -0.2) is 4.79 Å². The number of aryl methyl sites for hydroxylation is 3. The molecule has 0 bridgehead atoms. The number of carbonyl (C=O) groups is 2. The Labute approximate surface area is 200 Å². The van der Waals surface area contributed by atoms with Gasteiger partial charge in [0.25, 0.3) is 0 Å². The molecule has 1 N–H and O–H groups in total. The van der Waals surface area contributed by atoms with E-state index in [0.717, 1.165) is 27.8 Å². The molecule has 0 aromatic heterocycles. The van der Waals surface area contributed by atoms with E-state index >= 15 is 0 Å². The van der Waals surface area contributed by atoms with Crippen LogP contribution in [0.3, 0.4) is 0 Å². The highest BCUT2D eigenvalue weighted by Gasteiger charge is 2.41. The highest BCUT2D eigenvalue weighted by Crippen LogP contribution is 2.42. The number of amidine groups is 1. The first-order valence-electron chi connectivity index (χ1n) is 11.2. The minimum absolute atomic E-state index is 0.0407. The van der Waals surface area contributed by atoms with Gasteiger partial charge in [-0.05, 0) is 43.0 Å². The summed E-state index contributed by atoms with van der Waals surface area (Å²) >= 11 is 0. The van der Waals surface area contributed by atoms with Crippen molar-refractivity contribution in [1.29, 1.82) is 0 Å². The van der Waals surface area contributed by atoms with Gasteiger partial charge in [0.2, 0.25) is 0 Å². The molecule has 0 heterocycles. The van der Waals surface area contributed by atoms with Gasteiger partial charge >= 0.3 is 6.09 Å². The van der Waals surface area contributed by atoms with E-state index in [1.807, 2.05) is 58.0 Å². The molecule has 1 aliphatic rings. The van der Waals surface area contributed by atoms with E-state index in [-0.39, 0.29) is 11.6 Å². The fraction of sp³-hybridized carbons (Fsp3) is 0.370. The molecule has 2 unspecified atom stereocenters. The maximum absolute atomic E-state index is 13.8. The largest absolute Gasteiger partial charge is 0.492 e. The van der Waals surface area contributed by atoms with Crippen LogP contribution in [0.1, 0.15) is 41.2 Å². The SMILES string of the molecule is CON=C(NC(=O)OC)C(C)C1CC(OCc2ccccc2)=C(c2c(C)cc(C)cc2C)C1=O. The number of rotatable bonds is 7. The van der Waals surface area contributed by atoms with Crippen molar-refractivity contribution in [2.75, 3.05) is 14.2 Å². The van der Waals surface area contributed by atoms with Crippen molar-refractivity contribution in [3.63, 3.8) is 0 Å². The number of carbonyl (C=O) groups excluding carboxylic acids is 2. The summed E-state index contributed by atoms with van der Waals surface area (Å²) in [5, 5.41) is 6.52. The molecule has 7 nitrogen and oxygen atoms in total. The summed E-state index contributed by atoms with van der Waals surface area (Å²) < 4.78 is 11.0. The maximum atomic E-state index is 13.8. The number of nitrogens with zero attached hydrogens (tertiary/aromatic N) is 1. The Morgan fingerprint density at radius 2 is 1.76 bits per heavy atom. The van der Waals surface area contributed by atoms with Gasteiger partial charge in [0.15, 0.2) is 11.6 Å². The lowest BCUT2D eigenvalue weighted by molar-refractivity contribution is -0.117. The Morgan fingerprint density at radius 1 is 1.12 bits per heavy atom. The number of alkyl carbamates (subject to hydrolysis) is 1. The summed E-state index contributed by atoms with van der Waals surface area (Å²) in [6.45, 7) is 8.26. The van der Waals surface area contributed by atoms with Gasteiger partial charge < -0.3 is 14.3 Å². The molecule has 0 saturated carbocycles. The predicted octanol–water partition coefficient (Wildman–Crippen LogP) is 5.08. The minimum atomic E-state index is -0.674. The molecule has 0 radical (unpaired) electrons. The van der Waals surface area contributed by atoms with Gasteiger partial charge in [-0.15, -0.1) is 0 Å². The Kier molecular flexibility index (Phi) is 8.10. The third-order valence-electron chi connectivity index (χ3n) is 6.09. The number of benzene rings is 2. The van der Waals surface area contributed by atoms with Gasteiger partial charge in [-0.3, -0.25) is 10.1 Å². The van der Waals surface area contributed by atoms with E-state index in [2.05, 4.69) is 22.6 Å². The Morgan fingerprint density at radius 3 is 2.35 bits per heavy atom. The van der Waals surface area contributed by atoms with Crippen molar-refractivity contribution >= 4 is 23.3 Å². The lowest BCUT2D eigenvalue weighted by atomic mass is 9.86. The van der Waals surface area contributed by atoms with Crippen molar-refractivity contribution in [3.8, 4) is 0 Å². The van der Waals surface area contributed by atoms with Crippen LogP contribution in [0.25, 0.3) is 5.57 Å². The first-order chi connectivity index (χ1) is 16.3. The summed E-state index contributed by atoms with van der Waals surface area (Å²) in [7, 11) is 2.66. The maximum Gasteiger partial charge on any atom is 0.412 e. The van der Waals surface area contributed by atoms with Crippen LogP contribution in [0.15, 0.2) is 53.4 Å². The fourth-order valence-electron chi connectivity index (χ4n) is 4.50. The van der Waals surface area contributed by atoms with Crippen LogP contribution in [-0.2, 0) is 25.7 Å². The number of nitrogens with one attached hydrogen (secondary N) is 1. The molecule has 0 aliphatic heterocycles. The molecule has 7 heteroatoms. The molecule has 0 saturated heterocycles. The monoisotopic (exact) mass is 464 g/mol. The molecule has 2 atom stereocenters. The van der Waals surface area contributed by atoms with Gasteiger partial charge in [0.1, 0.15) is 19.5 Å². The summed E-state index contributed by atoms with van der Waals surface area (Å²) in [6.07, 6.45) is -0.285. The molecular weight excluding hydrogens is 432 g/mol. The number of ketones is 1. The quantitative estimate of drug-likeness (QED) is 0.351. The van der Waals surface area contributed by atoms with Gasteiger partial charge in [0, 0.05) is 18.3 Å². The third-order valence-corrected chi connectivity index (χ3v) is 6.09. The van der Waals surface area contributed by atoms with Gasteiger partial charge in [0.05, 0.1) is 12.7 Å². The van der Waals surface area contributed by atoms with Crippen LogP contribution in [0.2, 0.25) is 0 Å². The molecule has 34 heavy (non-hydrogen) atoms. The van der Waals surface area contributed by atoms with Gasteiger partial charge in [-0.2, -0.15) is 0 Å².